The van der Waals surface area contributed by atoms with Gasteiger partial charge in [-0.3, -0.25) is 4.79 Å². The maximum absolute atomic E-state index is 11.6. The van der Waals surface area contributed by atoms with E-state index in [0.717, 1.165) is 12.8 Å². The van der Waals surface area contributed by atoms with Crippen LogP contribution in [0.2, 0.25) is 0 Å². The van der Waals surface area contributed by atoms with Crippen molar-refractivity contribution in [2.75, 3.05) is 6.61 Å². The van der Waals surface area contributed by atoms with Gasteiger partial charge in [0.05, 0.1) is 6.10 Å². The van der Waals surface area contributed by atoms with Crippen LogP contribution >= 0.6 is 0 Å². The average Bonchev–Trinajstić information content (AvgIpc) is 2.14. The molecular formula is C12H22O2. The number of ketones is 1. The fourth-order valence-electron chi connectivity index (χ4n) is 1.64. The number of rotatable bonds is 3. The summed E-state index contributed by atoms with van der Waals surface area (Å²) in [6.45, 7) is 6.13. The number of Topliss-reactive ketones (excluding diaryl/α,β-unsaturated/α-hetero) is 1. The lowest BCUT2D eigenvalue weighted by atomic mass is 9.91. The Bertz CT molecular complexity index is 185. The third kappa shape index (κ3) is 3.79. The van der Waals surface area contributed by atoms with Gasteiger partial charge in [0.15, 0.2) is 5.78 Å². The number of carbonyl (C=O) groups excluding carboxylic acids is 1. The molecule has 1 aliphatic carbocycles. The zero-order valence-electron chi connectivity index (χ0n) is 9.64. The van der Waals surface area contributed by atoms with Gasteiger partial charge in [0, 0.05) is 5.41 Å². The average molecular weight is 198 g/mol. The minimum Gasteiger partial charge on any atom is -0.370 e. The second-order valence-corrected chi connectivity index (χ2v) is 5.24. The van der Waals surface area contributed by atoms with Gasteiger partial charge in [0.1, 0.15) is 6.61 Å². The van der Waals surface area contributed by atoms with E-state index < -0.39 is 0 Å². The molecule has 0 heterocycles. The van der Waals surface area contributed by atoms with Crippen LogP contribution in [0.4, 0.5) is 0 Å². The molecule has 0 aromatic carbocycles. The zero-order chi connectivity index (χ0) is 10.6. The molecule has 0 aliphatic heterocycles. The molecule has 0 unspecified atom stereocenters. The highest BCUT2D eigenvalue weighted by Crippen LogP contribution is 2.21. The molecular weight excluding hydrogens is 176 g/mol. The lowest BCUT2D eigenvalue weighted by molar-refractivity contribution is -0.133. The number of carbonyl (C=O) groups is 1. The van der Waals surface area contributed by atoms with Gasteiger partial charge >= 0.3 is 0 Å². The first kappa shape index (κ1) is 11.7. The van der Waals surface area contributed by atoms with Gasteiger partial charge in [0.2, 0.25) is 0 Å². The van der Waals surface area contributed by atoms with E-state index in [9.17, 15) is 4.79 Å². The van der Waals surface area contributed by atoms with Gasteiger partial charge in [-0.15, -0.1) is 0 Å². The molecule has 82 valence electrons. The SMILES string of the molecule is CC(C)(C)C(=O)COC1CCCCC1. The Hall–Kier alpha value is -0.370. The van der Waals surface area contributed by atoms with Crippen LogP contribution in [0.15, 0.2) is 0 Å². The van der Waals surface area contributed by atoms with E-state index in [2.05, 4.69) is 0 Å². The largest absolute Gasteiger partial charge is 0.370 e. The molecule has 0 aromatic rings. The van der Waals surface area contributed by atoms with Crippen LogP contribution < -0.4 is 0 Å². The molecule has 0 saturated heterocycles. The Labute approximate surface area is 87.0 Å². The van der Waals surface area contributed by atoms with E-state index in [1.54, 1.807) is 0 Å². The molecule has 14 heavy (non-hydrogen) atoms. The fraction of sp³-hybridized carbons (Fsp3) is 0.917. The van der Waals surface area contributed by atoms with Crippen LogP contribution in [0.1, 0.15) is 52.9 Å². The van der Waals surface area contributed by atoms with Crippen molar-refractivity contribution in [2.24, 2.45) is 5.41 Å². The van der Waals surface area contributed by atoms with Crippen molar-refractivity contribution in [1.82, 2.24) is 0 Å². The Balaban J connectivity index is 2.22. The molecule has 0 bridgehead atoms. The van der Waals surface area contributed by atoms with Gasteiger partial charge in [-0.1, -0.05) is 40.0 Å². The summed E-state index contributed by atoms with van der Waals surface area (Å²) in [4.78, 5) is 11.6. The van der Waals surface area contributed by atoms with E-state index >= 15 is 0 Å². The van der Waals surface area contributed by atoms with Crippen LogP contribution in [0.3, 0.4) is 0 Å². The number of hydrogen-bond acceptors (Lipinski definition) is 2. The van der Waals surface area contributed by atoms with E-state index in [-0.39, 0.29) is 11.2 Å². The minimum atomic E-state index is -0.255. The first-order valence-corrected chi connectivity index (χ1v) is 5.65. The summed E-state index contributed by atoms with van der Waals surface area (Å²) in [6, 6.07) is 0. The van der Waals surface area contributed by atoms with Crippen LogP contribution in [-0.4, -0.2) is 18.5 Å². The Morgan fingerprint density at radius 1 is 1.21 bits per heavy atom. The van der Waals surface area contributed by atoms with Gasteiger partial charge in [-0.2, -0.15) is 0 Å². The molecule has 0 radical (unpaired) electrons. The van der Waals surface area contributed by atoms with E-state index in [0.29, 0.717) is 12.7 Å². The topological polar surface area (TPSA) is 26.3 Å². The molecule has 0 spiro atoms. The highest BCUT2D eigenvalue weighted by atomic mass is 16.5. The summed E-state index contributed by atoms with van der Waals surface area (Å²) in [6.07, 6.45) is 6.46. The van der Waals surface area contributed by atoms with Crippen LogP contribution in [0, 0.1) is 5.41 Å². The van der Waals surface area contributed by atoms with Crippen molar-refractivity contribution in [3.63, 3.8) is 0 Å². The maximum atomic E-state index is 11.6. The van der Waals surface area contributed by atoms with Crippen molar-refractivity contribution in [1.29, 1.82) is 0 Å². The summed E-state index contributed by atoms with van der Waals surface area (Å²) < 4.78 is 5.62. The molecule has 2 heteroatoms. The van der Waals surface area contributed by atoms with Gasteiger partial charge in [-0.25, -0.2) is 0 Å². The molecule has 1 saturated carbocycles. The van der Waals surface area contributed by atoms with Crippen LogP contribution in [0.5, 0.6) is 0 Å². The monoisotopic (exact) mass is 198 g/mol. The van der Waals surface area contributed by atoms with E-state index in [1.807, 2.05) is 20.8 Å². The summed E-state index contributed by atoms with van der Waals surface area (Å²) in [5.74, 6) is 0.211. The molecule has 0 aromatic heterocycles. The molecule has 1 rings (SSSR count). The predicted molar refractivity (Wildman–Crippen MR) is 57.3 cm³/mol. The van der Waals surface area contributed by atoms with E-state index in [1.165, 1.54) is 19.3 Å². The predicted octanol–water partition coefficient (Wildman–Crippen LogP) is 2.95. The molecule has 0 atom stereocenters. The first-order chi connectivity index (χ1) is 6.50. The van der Waals surface area contributed by atoms with Crippen molar-refractivity contribution in [2.45, 2.75) is 59.0 Å². The Morgan fingerprint density at radius 3 is 2.29 bits per heavy atom. The Morgan fingerprint density at radius 2 is 1.79 bits per heavy atom. The summed E-state index contributed by atoms with van der Waals surface area (Å²) in [5.41, 5.74) is -0.255. The van der Waals surface area contributed by atoms with E-state index in [4.69, 9.17) is 4.74 Å². The van der Waals surface area contributed by atoms with Gasteiger partial charge in [0.25, 0.3) is 0 Å². The third-order valence-corrected chi connectivity index (χ3v) is 2.84. The van der Waals surface area contributed by atoms with Crippen molar-refractivity contribution < 1.29 is 9.53 Å². The minimum absolute atomic E-state index is 0.211. The smallest absolute Gasteiger partial charge is 0.163 e. The molecule has 0 amide bonds. The van der Waals surface area contributed by atoms with Crippen LogP contribution in [0.25, 0.3) is 0 Å². The second-order valence-electron chi connectivity index (χ2n) is 5.24. The molecule has 0 N–H and O–H groups in total. The summed E-state index contributed by atoms with van der Waals surface area (Å²) in [7, 11) is 0. The summed E-state index contributed by atoms with van der Waals surface area (Å²) in [5, 5.41) is 0. The van der Waals surface area contributed by atoms with Crippen molar-refractivity contribution in [3.8, 4) is 0 Å². The highest BCUT2D eigenvalue weighted by molar-refractivity contribution is 5.84. The fourth-order valence-corrected chi connectivity index (χ4v) is 1.64. The lowest BCUT2D eigenvalue weighted by Gasteiger charge is -2.23. The van der Waals surface area contributed by atoms with Gasteiger partial charge in [-0.05, 0) is 12.8 Å². The molecule has 2 nitrogen and oxygen atoms in total. The summed E-state index contributed by atoms with van der Waals surface area (Å²) >= 11 is 0. The first-order valence-electron chi connectivity index (χ1n) is 5.65. The van der Waals surface area contributed by atoms with Gasteiger partial charge < -0.3 is 4.74 Å². The number of hydrogen-bond donors (Lipinski definition) is 0. The zero-order valence-corrected chi connectivity index (χ0v) is 9.64. The highest BCUT2D eigenvalue weighted by Gasteiger charge is 2.23. The third-order valence-electron chi connectivity index (χ3n) is 2.84. The van der Waals surface area contributed by atoms with Crippen molar-refractivity contribution >= 4 is 5.78 Å². The normalized spacial score (nSPS) is 19.6. The standard InChI is InChI=1S/C12H22O2/c1-12(2,3)11(13)9-14-10-7-5-4-6-8-10/h10H,4-9H2,1-3H3. The molecule has 1 aliphatic rings. The lowest BCUT2D eigenvalue weighted by Crippen LogP contribution is -2.28. The Kier molecular flexibility index (Phi) is 4.11. The second kappa shape index (κ2) is 4.92. The maximum Gasteiger partial charge on any atom is 0.163 e. The molecule has 1 fully saturated rings. The van der Waals surface area contributed by atoms with Crippen LogP contribution in [-0.2, 0) is 9.53 Å². The quantitative estimate of drug-likeness (QED) is 0.697. The number of ether oxygens (including phenoxy) is 1. The van der Waals surface area contributed by atoms with Crippen molar-refractivity contribution in [3.05, 3.63) is 0 Å².